The van der Waals surface area contributed by atoms with Gasteiger partial charge in [0, 0.05) is 19.1 Å². The number of nitrogen functional groups attached to an aromatic ring is 1. The maximum Gasteiger partial charge on any atom is 0.128 e. The molecule has 0 spiro atoms. The number of anilines is 2. The van der Waals surface area contributed by atoms with Gasteiger partial charge in [0.15, 0.2) is 0 Å². The molecule has 5 N–H and O–H groups in total. The fourth-order valence-electron chi connectivity index (χ4n) is 2.36. The van der Waals surface area contributed by atoms with Crippen LogP contribution < -0.4 is 16.0 Å². The zero-order valence-corrected chi connectivity index (χ0v) is 11.0. The van der Waals surface area contributed by atoms with Gasteiger partial charge >= 0.3 is 0 Å². The molecule has 0 aliphatic carbocycles. The predicted molar refractivity (Wildman–Crippen MR) is 75.0 cm³/mol. The van der Waals surface area contributed by atoms with E-state index in [0.29, 0.717) is 11.7 Å². The summed E-state index contributed by atoms with van der Waals surface area (Å²) in [6.45, 7) is 1.77. The Morgan fingerprint density at radius 1 is 1.32 bits per heavy atom. The van der Waals surface area contributed by atoms with Crippen LogP contribution in [0.5, 0.6) is 0 Å². The Hall–Kier alpha value is -1.37. The number of rotatable bonds is 5. The van der Waals surface area contributed by atoms with Crippen molar-refractivity contribution in [3.63, 3.8) is 0 Å². The number of aromatic nitrogens is 1. The smallest absolute Gasteiger partial charge is 0.128 e. The van der Waals surface area contributed by atoms with E-state index in [0.717, 1.165) is 31.7 Å². The Labute approximate surface area is 113 Å². The topological polar surface area (TPSA) is 94.6 Å². The molecular weight excluding hydrogens is 244 g/mol. The minimum Gasteiger partial charge on any atom is -0.397 e. The van der Waals surface area contributed by atoms with E-state index in [1.165, 1.54) is 0 Å². The Kier molecular flexibility index (Phi) is 4.95. The van der Waals surface area contributed by atoms with Crippen molar-refractivity contribution in [2.24, 2.45) is 0 Å². The molecule has 1 fully saturated rings. The lowest BCUT2D eigenvalue weighted by molar-refractivity contribution is 0.157. The molecule has 0 amide bonds. The second-order valence-electron chi connectivity index (χ2n) is 4.94. The first-order valence-electron chi connectivity index (χ1n) is 6.67. The number of hydrogen-bond donors (Lipinski definition) is 4. The molecule has 0 atom stereocenters. The normalized spacial score (nSPS) is 17.1. The number of aliphatic hydroxyl groups excluding tert-OH is 2. The summed E-state index contributed by atoms with van der Waals surface area (Å²) in [7, 11) is 0. The highest BCUT2D eigenvalue weighted by Gasteiger charge is 2.21. The minimum absolute atomic E-state index is 0.0315. The van der Waals surface area contributed by atoms with Crippen molar-refractivity contribution in [3.8, 4) is 0 Å². The number of nitrogens with one attached hydrogen (secondary N) is 1. The molecule has 0 unspecified atom stereocenters. The van der Waals surface area contributed by atoms with Crippen LogP contribution in [0.3, 0.4) is 0 Å². The van der Waals surface area contributed by atoms with Gasteiger partial charge in [-0.3, -0.25) is 0 Å². The van der Waals surface area contributed by atoms with E-state index in [1.807, 2.05) is 12.1 Å². The van der Waals surface area contributed by atoms with Crippen molar-refractivity contribution in [2.75, 3.05) is 36.9 Å². The van der Waals surface area contributed by atoms with Gasteiger partial charge in [0.25, 0.3) is 0 Å². The van der Waals surface area contributed by atoms with Crippen LogP contribution in [0.15, 0.2) is 18.3 Å². The monoisotopic (exact) mass is 266 g/mol. The highest BCUT2D eigenvalue weighted by atomic mass is 16.3. The van der Waals surface area contributed by atoms with Gasteiger partial charge < -0.3 is 26.2 Å². The summed E-state index contributed by atoms with van der Waals surface area (Å²) in [5.41, 5.74) is 6.30. The molecule has 1 aromatic rings. The zero-order chi connectivity index (χ0) is 13.7. The lowest BCUT2D eigenvalue weighted by atomic mass is 10.0. The van der Waals surface area contributed by atoms with E-state index >= 15 is 0 Å². The van der Waals surface area contributed by atoms with E-state index in [-0.39, 0.29) is 19.3 Å². The fourth-order valence-corrected chi connectivity index (χ4v) is 2.36. The molecule has 2 rings (SSSR count). The molecule has 19 heavy (non-hydrogen) atoms. The Morgan fingerprint density at radius 3 is 2.53 bits per heavy atom. The molecule has 1 saturated heterocycles. The molecule has 0 bridgehead atoms. The number of nitrogens with two attached hydrogens (primary N) is 1. The van der Waals surface area contributed by atoms with Crippen LogP contribution in [0.25, 0.3) is 0 Å². The molecule has 2 heterocycles. The van der Waals surface area contributed by atoms with Gasteiger partial charge in [-0.25, -0.2) is 4.98 Å². The molecule has 0 saturated carbocycles. The first-order chi connectivity index (χ1) is 9.22. The number of aliphatic hydroxyl groups is 2. The quantitative estimate of drug-likeness (QED) is 0.578. The van der Waals surface area contributed by atoms with E-state index < -0.39 is 0 Å². The lowest BCUT2D eigenvalue weighted by Gasteiger charge is -2.34. The van der Waals surface area contributed by atoms with E-state index in [4.69, 9.17) is 15.9 Å². The summed E-state index contributed by atoms with van der Waals surface area (Å²) in [5, 5.41) is 21.4. The summed E-state index contributed by atoms with van der Waals surface area (Å²) in [6.07, 6.45) is 3.62. The zero-order valence-electron chi connectivity index (χ0n) is 11.0. The fraction of sp³-hybridized carbons (Fsp3) is 0.615. The maximum absolute atomic E-state index is 9.06. The Morgan fingerprint density at radius 2 is 2.00 bits per heavy atom. The first-order valence-corrected chi connectivity index (χ1v) is 6.67. The minimum atomic E-state index is -0.216. The van der Waals surface area contributed by atoms with Crippen LogP contribution in [0.4, 0.5) is 11.5 Å². The largest absolute Gasteiger partial charge is 0.397 e. The summed E-state index contributed by atoms with van der Waals surface area (Å²) < 4.78 is 0. The van der Waals surface area contributed by atoms with Gasteiger partial charge in [-0.05, 0) is 25.0 Å². The van der Waals surface area contributed by atoms with Crippen molar-refractivity contribution in [2.45, 2.75) is 24.9 Å². The predicted octanol–water partition coefficient (Wildman–Crippen LogP) is -0.425. The van der Waals surface area contributed by atoms with E-state index in [9.17, 15) is 0 Å². The summed E-state index contributed by atoms with van der Waals surface area (Å²) in [5.74, 6) is 0.952. The van der Waals surface area contributed by atoms with Gasteiger partial charge in [-0.2, -0.15) is 0 Å². The van der Waals surface area contributed by atoms with Crippen molar-refractivity contribution in [3.05, 3.63) is 18.3 Å². The summed E-state index contributed by atoms with van der Waals surface area (Å²) >= 11 is 0. The molecule has 1 aliphatic rings. The lowest BCUT2D eigenvalue weighted by Crippen LogP contribution is -2.48. The number of hydrogen-bond acceptors (Lipinski definition) is 6. The number of piperidine rings is 1. The summed E-state index contributed by atoms with van der Waals surface area (Å²) in [4.78, 5) is 6.55. The second-order valence-corrected chi connectivity index (χ2v) is 4.94. The molecule has 0 aromatic carbocycles. The van der Waals surface area contributed by atoms with E-state index in [1.54, 1.807) is 6.20 Å². The average Bonchev–Trinajstić information content (AvgIpc) is 2.46. The Balaban J connectivity index is 1.83. The van der Waals surface area contributed by atoms with Crippen molar-refractivity contribution in [1.29, 1.82) is 0 Å². The molecule has 6 heteroatoms. The molecule has 0 radical (unpaired) electrons. The Bertz CT molecular complexity index is 373. The molecule has 6 nitrogen and oxygen atoms in total. The average molecular weight is 266 g/mol. The third kappa shape index (κ3) is 3.79. The number of nitrogens with zero attached hydrogens (tertiary/aromatic N) is 2. The molecule has 106 valence electrons. The van der Waals surface area contributed by atoms with Gasteiger partial charge in [0.1, 0.15) is 5.82 Å². The van der Waals surface area contributed by atoms with Crippen LogP contribution in [0.2, 0.25) is 0 Å². The van der Waals surface area contributed by atoms with Crippen LogP contribution in [-0.4, -0.2) is 53.6 Å². The highest BCUT2D eigenvalue weighted by molar-refractivity contribution is 5.46. The van der Waals surface area contributed by atoms with Crippen molar-refractivity contribution in [1.82, 2.24) is 10.3 Å². The van der Waals surface area contributed by atoms with Gasteiger partial charge in [-0.1, -0.05) is 0 Å². The molecule has 1 aromatic heterocycles. The number of pyridine rings is 1. The molecular formula is C13H22N4O2. The van der Waals surface area contributed by atoms with Gasteiger partial charge in [0.05, 0.1) is 31.1 Å². The van der Waals surface area contributed by atoms with Crippen LogP contribution in [-0.2, 0) is 0 Å². The maximum atomic E-state index is 9.06. The van der Waals surface area contributed by atoms with Crippen LogP contribution in [0.1, 0.15) is 12.8 Å². The van der Waals surface area contributed by atoms with Crippen LogP contribution in [0, 0.1) is 0 Å². The van der Waals surface area contributed by atoms with Crippen molar-refractivity contribution < 1.29 is 10.2 Å². The van der Waals surface area contributed by atoms with E-state index in [2.05, 4.69) is 15.2 Å². The second kappa shape index (κ2) is 6.70. The van der Waals surface area contributed by atoms with Gasteiger partial charge in [-0.15, -0.1) is 0 Å². The third-order valence-corrected chi connectivity index (χ3v) is 3.50. The third-order valence-electron chi connectivity index (χ3n) is 3.50. The first kappa shape index (κ1) is 14.0. The van der Waals surface area contributed by atoms with Gasteiger partial charge in [0.2, 0.25) is 0 Å². The highest BCUT2D eigenvalue weighted by Crippen LogP contribution is 2.18. The van der Waals surface area contributed by atoms with Crippen molar-refractivity contribution >= 4 is 11.5 Å². The SMILES string of the molecule is Nc1ccc(N2CCC(NC(CO)CO)CC2)nc1. The van der Waals surface area contributed by atoms with Crippen LogP contribution >= 0.6 is 0 Å². The summed E-state index contributed by atoms with van der Waals surface area (Å²) in [6, 6.07) is 3.92. The standard InChI is InChI=1S/C13H22N4O2/c14-10-1-2-13(15-7-10)17-5-3-11(4-6-17)16-12(8-18)9-19/h1-2,7,11-12,16,18-19H,3-6,8-9,14H2. The molecule has 1 aliphatic heterocycles.